The lowest BCUT2D eigenvalue weighted by Crippen LogP contribution is -2.55. The van der Waals surface area contributed by atoms with Crippen molar-refractivity contribution in [2.45, 2.75) is 49.0 Å². The van der Waals surface area contributed by atoms with Gasteiger partial charge in [-0.2, -0.15) is 22.0 Å². The van der Waals surface area contributed by atoms with Gasteiger partial charge in [0.05, 0.1) is 28.5 Å². The highest BCUT2D eigenvalue weighted by molar-refractivity contribution is 9.10. The zero-order valence-corrected chi connectivity index (χ0v) is 25.0. The fraction of sp³-hybridized carbons (Fsp3) is 0.385. The number of halogens is 10. The number of hydrogen-bond donors (Lipinski definition) is 2. The van der Waals surface area contributed by atoms with E-state index in [0.717, 1.165) is 40.0 Å². The van der Waals surface area contributed by atoms with Crippen LogP contribution in [0.25, 0.3) is 16.9 Å². The zero-order chi connectivity index (χ0) is 33.6. The van der Waals surface area contributed by atoms with Crippen LogP contribution in [-0.4, -0.2) is 83.8 Å². The van der Waals surface area contributed by atoms with Crippen LogP contribution in [0.1, 0.15) is 23.5 Å². The molecule has 0 radical (unpaired) electrons. The van der Waals surface area contributed by atoms with Gasteiger partial charge in [0.1, 0.15) is 54.9 Å². The van der Waals surface area contributed by atoms with E-state index >= 15 is 0 Å². The Morgan fingerprint density at radius 1 is 1.09 bits per heavy atom. The van der Waals surface area contributed by atoms with E-state index in [-0.39, 0.29) is 20.8 Å². The molecule has 2 aromatic carbocycles. The monoisotopic (exact) mass is 746 g/mol. The molecular formula is C26H20BrClF8N6O4. The predicted molar refractivity (Wildman–Crippen MR) is 145 cm³/mol. The molecule has 1 saturated heterocycles. The van der Waals surface area contributed by atoms with Gasteiger partial charge in [-0.15, -0.1) is 15.3 Å². The van der Waals surface area contributed by atoms with Crippen LogP contribution in [0.3, 0.4) is 0 Å². The van der Waals surface area contributed by atoms with Gasteiger partial charge >= 0.3 is 18.5 Å². The predicted octanol–water partition coefficient (Wildman–Crippen LogP) is 5.42. The maximum Gasteiger partial charge on any atom is 0.418 e. The summed E-state index contributed by atoms with van der Waals surface area (Å²) in [6.07, 6.45) is -14.4. The van der Waals surface area contributed by atoms with Crippen LogP contribution >= 0.6 is 27.5 Å². The summed E-state index contributed by atoms with van der Waals surface area (Å²) in [6.45, 7) is -2.87. The molecule has 1 aliphatic heterocycles. The van der Waals surface area contributed by atoms with Crippen molar-refractivity contribution in [3.63, 3.8) is 0 Å². The molecule has 46 heavy (non-hydrogen) atoms. The van der Waals surface area contributed by atoms with Gasteiger partial charge in [0.2, 0.25) is 0 Å². The van der Waals surface area contributed by atoms with E-state index in [9.17, 15) is 45.3 Å². The van der Waals surface area contributed by atoms with Gasteiger partial charge in [-0.3, -0.25) is 4.57 Å². The van der Waals surface area contributed by atoms with Gasteiger partial charge < -0.3 is 19.7 Å². The second-order valence-corrected chi connectivity index (χ2v) is 11.3. The number of nitrogens with zero attached hydrogens (tertiary/aromatic N) is 6. The van der Waals surface area contributed by atoms with Crippen LogP contribution in [0, 0.1) is 5.82 Å². The molecule has 2 N–H and O–H groups in total. The molecule has 20 heteroatoms. The van der Waals surface area contributed by atoms with Gasteiger partial charge in [-0.05, 0) is 46.3 Å². The van der Waals surface area contributed by atoms with Crippen molar-refractivity contribution in [2.75, 3.05) is 13.2 Å². The molecule has 0 saturated carbocycles. The van der Waals surface area contributed by atoms with E-state index in [1.54, 1.807) is 0 Å². The van der Waals surface area contributed by atoms with E-state index < -0.39 is 85.1 Å². The van der Waals surface area contributed by atoms with E-state index in [0.29, 0.717) is 6.07 Å². The quantitative estimate of drug-likeness (QED) is 0.218. The molecule has 4 aromatic rings. The lowest BCUT2D eigenvalue weighted by molar-refractivity contribution is -0.248. The van der Waals surface area contributed by atoms with Gasteiger partial charge in [0.15, 0.2) is 5.82 Å². The molecule has 248 valence electrons. The maximum absolute atomic E-state index is 14.2. The van der Waals surface area contributed by atoms with Crippen LogP contribution in [0.5, 0.6) is 0 Å². The number of alkyl halides is 7. The highest BCUT2D eigenvalue weighted by Crippen LogP contribution is 2.43. The Kier molecular flexibility index (Phi) is 9.72. The Bertz CT molecular complexity index is 1690. The molecule has 10 nitrogen and oxygen atoms in total. The Hall–Kier alpha value is -3.23. The molecule has 3 heterocycles. The van der Waals surface area contributed by atoms with E-state index in [4.69, 9.17) is 21.1 Å². The summed E-state index contributed by atoms with van der Waals surface area (Å²) in [5, 5.41) is 36.3. The molecular weight excluding hydrogens is 728 g/mol. The standard InChI is InChI=1S/C26H20BrClF8N6O4/c27-14-4-1-11(5-15(14)29)16-7-42(40-38-16)19-20(44)18(8-43)46-22(21(19)45-9-25(32,33)24(30)31)23-39-37-10-41(23)17-6-12(28)2-3-13(17)26(34,35)36/h1-7,10,18-22,24,43-44H,8-9H2/t18-,19+,20+,21-,22-/m1/s1. The van der Waals surface area contributed by atoms with Crippen molar-refractivity contribution in [1.82, 2.24) is 29.8 Å². The van der Waals surface area contributed by atoms with Crippen molar-refractivity contribution in [2.24, 2.45) is 0 Å². The van der Waals surface area contributed by atoms with Crippen molar-refractivity contribution in [3.05, 3.63) is 75.6 Å². The number of ether oxygens (including phenoxy) is 2. The molecule has 5 atom stereocenters. The van der Waals surface area contributed by atoms with Crippen LogP contribution in [0.2, 0.25) is 5.02 Å². The minimum absolute atomic E-state index is 0.00997. The van der Waals surface area contributed by atoms with E-state index in [1.165, 1.54) is 12.1 Å². The third kappa shape index (κ3) is 6.75. The number of aliphatic hydroxyl groups is 2. The van der Waals surface area contributed by atoms with E-state index in [1.807, 2.05) is 0 Å². The van der Waals surface area contributed by atoms with Crippen LogP contribution < -0.4 is 0 Å². The molecule has 1 fully saturated rings. The first-order valence-electron chi connectivity index (χ1n) is 13.0. The van der Waals surface area contributed by atoms with Gasteiger partial charge in [-0.1, -0.05) is 22.9 Å². The summed E-state index contributed by atoms with van der Waals surface area (Å²) in [7, 11) is 0. The first-order chi connectivity index (χ1) is 21.6. The Balaban J connectivity index is 1.64. The maximum atomic E-state index is 14.2. The third-order valence-corrected chi connectivity index (χ3v) is 7.92. The Morgan fingerprint density at radius 3 is 2.48 bits per heavy atom. The summed E-state index contributed by atoms with van der Waals surface area (Å²) in [4.78, 5) is 0. The number of benzene rings is 2. The van der Waals surface area contributed by atoms with Crippen molar-refractivity contribution in [1.29, 1.82) is 0 Å². The van der Waals surface area contributed by atoms with Crippen molar-refractivity contribution >= 4 is 27.5 Å². The summed E-state index contributed by atoms with van der Waals surface area (Å²) >= 11 is 8.99. The topological polar surface area (TPSA) is 120 Å². The summed E-state index contributed by atoms with van der Waals surface area (Å²) < 4.78 is 123. The van der Waals surface area contributed by atoms with Gasteiger partial charge in [0.25, 0.3) is 0 Å². The minimum atomic E-state index is -4.93. The van der Waals surface area contributed by atoms with Crippen LogP contribution in [0.4, 0.5) is 35.1 Å². The fourth-order valence-electron chi connectivity index (χ4n) is 4.84. The van der Waals surface area contributed by atoms with Crippen LogP contribution in [-0.2, 0) is 15.7 Å². The molecule has 0 unspecified atom stereocenters. The highest BCUT2D eigenvalue weighted by Gasteiger charge is 2.52. The number of aromatic nitrogens is 6. The Morgan fingerprint density at radius 2 is 1.83 bits per heavy atom. The van der Waals surface area contributed by atoms with Crippen molar-refractivity contribution < 1.29 is 54.8 Å². The largest absolute Gasteiger partial charge is 0.418 e. The summed E-state index contributed by atoms with van der Waals surface area (Å²) in [5.41, 5.74) is -1.64. The molecule has 0 aliphatic carbocycles. The Labute approximate surface area is 266 Å². The van der Waals surface area contributed by atoms with Crippen molar-refractivity contribution in [3.8, 4) is 16.9 Å². The molecule has 5 rings (SSSR count). The molecule has 2 aromatic heterocycles. The average Bonchev–Trinajstić information content (AvgIpc) is 3.67. The van der Waals surface area contributed by atoms with Gasteiger partial charge in [-0.25, -0.2) is 17.9 Å². The fourth-order valence-corrected chi connectivity index (χ4v) is 5.25. The second-order valence-electron chi connectivity index (χ2n) is 10.0. The minimum Gasteiger partial charge on any atom is -0.394 e. The molecule has 0 bridgehead atoms. The lowest BCUT2D eigenvalue weighted by atomic mass is 9.91. The molecule has 0 spiro atoms. The first kappa shape index (κ1) is 34.1. The highest BCUT2D eigenvalue weighted by atomic mass is 79.9. The lowest BCUT2D eigenvalue weighted by Gasteiger charge is -2.44. The third-order valence-electron chi connectivity index (χ3n) is 7.04. The van der Waals surface area contributed by atoms with Gasteiger partial charge in [0, 0.05) is 10.6 Å². The molecule has 1 aliphatic rings. The summed E-state index contributed by atoms with van der Waals surface area (Å²) in [5.74, 6) is -5.92. The normalized spacial score (nSPS) is 22.5. The number of aliphatic hydroxyl groups excluding tert-OH is 2. The average molecular weight is 748 g/mol. The second kappa shape index (κ2) is 13.1. The number of rotatable bonds is 9. The summed E-state index contributed by atoms with van der Waals surface area (Å²) in [6, 6.07) is 4.79. The smallest absolute Gasteiger partial charge is 0.394 e. The number of hydrogen-bond acceptors (Lipinski definition) is 8. The molecule has 0 amide bonds. The SMILES string of the molecule is OC[C@H]1O[C@@H](c2nncn2-c2cc(Cl)ccc2C(F)(F)F)[C@H](OCC(F)(F)C(F)F)[C@@H](n2cc(-c3ccc(Br)c(F)c3)nn2)[C@H]1O. The zero-order valence-electron chi connectivity index (χ0n) is 22.7. The van der Waals surface area contributed by atoms with E-state index in [2.05, 4.69) is 36.4 Å². The van der Waals surface area contributed by atoms with Crippen LogP contribution in [0.15, 0.2) is 53.4 Å². The first-order valence-corrected chi connectivity index (χ1v) is 14.2.